The molecule has 1 aliphatic heterocycles. The van der Waals surface area contributed by atoms with E-state index in [1.54, 1.807) is 7.05 Å². The molecule has 1 N–H and O–H groups in total. The molecule has 3 rings (SSSR count). The van der Waals surface area contributed by atoms with Crippen LogP contribution in [0.25, 0.3) is 11.3 Å². The maximum absolute atomic E-state index is 12.5. The Morgan fingerprint density at radius 2 is 1.88 bits per heavy atom. The van der Waals surface area contributed by atoms with Crippen molar-refractivity contribution in [3.63, 3.8) is 0 Å². The fraction of sp³-hybridized carbons (Fsp3) is 0.476. The lowest BCUT2D eigenvalue weighted by Gasteiger charge is -2.27. The molecule has 1 aliphatic rings. The molecule has 0 spiro atoms. The van der Waals surface area contributed by atoms with E-state index in [2.05, 4.69) is 39.9 Å². The highest BCUT2D eigenvalue weighted by atomic mass is 16.5. The predicted octanol–water partition coefficient (Wildman–Crippen LogP) is 2.80. The summed E-state index contributed by atoms with van der Waals surface area (Å²) in [6.45, 7) is 7.60. The van der Waals surface area contributed by atoms with Gasteiger partial charge in [-0.3, -0.25) is 9.69 Å². The zero-order valence-corrected chi connectivity index (χ0v) is 15.8. The maximum atomic E-state index is 12.5. The summed E-state index contributed by atoms with van der Waals surface area (Å²) >= 11 is 0. The number of carbonyl (C=O) groups is 1. The second-order valence-electron chi connectivity index (χ2n) is 6.69. The van der Waals surface area contributed by atoms with E-state index in [0.717, 1.165) is 74.7 Å². The van der Waals surface area contributed by atoms with Gasteiger partial charge in [0, 0.05) is 44.6 Å². The molecular weight excluding hydrogens is 326 g/mol. The van der Waals surface area contributed by atoms with E-state index in [9.17, 15) is 4.79 Å². The summed E-state index contributed by atoms with van der Waals surface area (Å²) in [4.78, 5) is 14.9. The van der Waals surface area contributed by atoms with Gasteiger partial charge in [0.2, 0.25) is 0 Å². The zero-order valence-electron chi connectivity index (χ0n) is 15.8. The lowest BCUT2D eigenvalue weighted by molar-refractivity contribution is 0.0364. The minimum Gasteiger partial charge on any atom is -0.379 e. The number of rotatable bonds is 7. The second-order valence-corrected chi connectivity index (χ2v) is 6.69. The van der Waals surface area contributed by atoms with Gasteiger partial charge in [-0.1, -0.05) is 43.7 Å². The number of hydrogen-bond acceptors (Lipinski definition) is 3. The summed E-state index contributed by atoms with van der Waals surface area (Å²) in [7, 11) is 1.70. The molecule has 1 amide bonds. The lowest BCUT2D eigenvalue weighted by atomic mass is 10.1. The van der Waals surface area contributed by atoms with Crippen LogP contribution in [0.3, 0.4) is 0 Å². The van der Waals surface area contributed by atoms with E-state index in [1.165, 1.54) is 0 Å². The van der Waals surface area contributed by atoms with Crippen molar-refractivity contribution in [2.24, 2.45) is 0 Å². The van der Waals surface area contributed by atoms with Crippen molar-refractivity contribution in [2.75, 3.05) is 39.9 Å². The van der Waals surface area contributed by atoms with Crippen molar-refractivity contribution in [3.8, 4) is 11.3 Å². The molecule has 5 nitrogen and oxygen atoms in total. The molecule has 2 heterocycles. The number of ether oxygens (including phenoxy) is 1. The monoisotopic (exact) mass is 355 g/mol. The van der Waals surface area contributed by atoms with Crippen molar-refractivity contribution in [1.29, 1.82) is 0 Å². The predicted molar refractivity (Wildman–Crippen MR) is 105 cm³/mol. The van der Waals surface area contributed by atoms with Crippen LogP contribution in [0.4, 0.5) is 0 Å². The van der Waals surface area contributed by atoms with Gasteiger partial charge in [-0.15, -0.1) is 0 Å². The minimum atomic E-state index is -0.00393. The molecule has 140 valence electrons. The van der Waals surface area contributed by atoms with Gasteiger partial charge in [0.05, 0.1) is 18.8 Å². The largest absolute Gasteiger partial charge is 0.379 e. The van der Waals surface area contributed by atoms with Crippen LogP contribution < -0.4 is 5.32 Å². The fourth-order valence-corrected chi connectivity index (χ4v) is 3.60. The smallest absolute Gasteiger partial charge is 0.252 e. The number of nitrogens with one attached hydrogen (secondary N) is 1. The van der Waals surface area contributed by atoms with Crippen LogP contribution in [0, 0.1) is 0 Å². The number of morpholine rings is 1. The average molecular weight is 355 g/mol. The van der Waals surface area contributed by atoms with Crippen molar-refractivity contribution >= 4 is 5.91 Å². The molecule has 0 saturated carbocycles. The molecule has 26 heavy (non-hydrogen) atoms. The van der Waals surface area contributed by atoms with Crippen LogP contribution in [0.5, 0.6) is 0 Å². The van der Waals surface area contributed by atoms with Gasteiger partial charge in [0.15, 0.2) is 0 Å². The molecule has 1 fully saturated rings. The quantitative estimate of drug-likeness (QED) is 0.831. The van der Waals surface area contributed by atoms with E-state index in [1.807, 2.05) is 18.2 Å². The first kappa shape index (κ1) is 18.7. The van der Waals surface area contributed by atoms with Gasteiger partial charge in [0.1, 0.15) is 0 Å². The first-order chi connectivity index (χ1) is 12.7. The van der Waals surface area contributed by atoms with Crippen molar-refractivity contribution in [1.82, 2.24) is 14.8 Å². The summed E-state index contributed by atoms with van der Waals surface area (Å²) < 4.78 is 7.80. The zero-order chi connectivity index (χ0) is 18.4. The molecule has 0 radical (unpaired) electrons. The number of benzene rings is 1. The van der Waals surface area contributed by atoms with Crippen LogP contribution >= 0.6 is 0 Å². The highest BCUT2D eigenvalue weighted by Crippen LogP contribution is 2.27. The Bertz CT molecular complexity index is 718. The van der Waals surface area contributed by atoms with Crippen LogP contribution in [0.15, 0.2) is 36.4 Å². The highest BCUT2D eigenvalue weighted by Gasteiger charge is 2.21. The SMILES string of the molecule is CCCc1c(C(=O)NC)cc(-c2ccccc2)n1CCN1CCOCC1. The Kier molecular flexibility index (Phi) is 6.47. The summed E-state index contributed by atoms with van der Waals surface area (Å²) in [5.74, 6) is -0.00393. The Morgan fingerprint density at radius 3 is 2.54 bits per heavy atom. The molecule has 0 unspecified atom stereocenters. The van der Waals surface area contributed by atoms with Gasteiger partial charge in [-0.05, 0) is 18.1 Å². The molecule has 0 atom stereocenters. The van der Waals surface area contributed by atoms with Crippen LogP contribution in [-0.4, -0.2) is 55.3 Å². The number of carbonyl (C=O) groups excluding carboxylic acids is 1. The first-order valence-corrected chi connectivity index (χ1v) is 9.54. The third-order valence-corrected chi connectivity index (χ3v) is 4.98. The number of hydrogen-bond donors (Lipinski definition) is 1. The molecule has 1 saturated heterocycles. The molecule has 0 bridgehead atoms. The van der Waals surface area contributed by atoms with E-state index in [4.69, 9.17) is 4.74 Å². The summed E-state index contributed by atoms with van der Waals surface area (Å²) in [5, 5.41) is 2.80. The number of nitrogens with zero attached hydrogens (tertiary/aromatic N) is 2. The van der Waals surface area contributed by atoms with Gasteiger partial charge in [-0.2, -0.15) is 0 Å². The van der Waals surface area contributed by atoms with E-state index >= 15 is 0 Å². The Balaban J connectivity index is 1.96. The Hall–Kier alpha value is -2.11. The van der Waals surface area contributed by atoms with Crippen molar-refractivity contribution < 1.29 is 9.53 Å². The lowest BCUT2D eigenvalue weighted by Crippen LogP contribution is -2.38. The molecular formula is C21H29N3O2. The molecule has 1 aromatic heterocycles. The number of aromatic nitrogens is 1. The van der Waals surface area contributed by atoms with Crippen LogP contribution in [0.2, 0.25) is 0 Å². The average Bonchev–Trinajstić information content (AvgIpc) is 3.06. The molecule has 1 aromatic carbocycles. The second kappa shape index (κ2) is 9.01. The van der Waals surface area contributed by atoms with Gasteiger partial charge in [0.25, 0.3) is 5.91 Å². The standard InChI is InChI=1S/C21H29N3O2/c1-3-7-19-18(21(25)22-2)16-20(17-8-5-4-6-9-17)24(19)11-10-23-12-14-26-15-13-23/h4-6,8-9,16H,3,7,10-15H2,1-2H3,(H,22,25). The highest BCUT2D eigenvalue weighted by molar-refractivity contribution is 5.96. The normalized spacial score (nSPS) is 15.2. The minimum absolute atomic E-state index is 0.00393. The van der Waals surface area contributed by atoms with Gasteiger partial charge in [-0.25, -0.2) is 0 Å². The third kappa shape index (κ3) is 4.17. The summed E-state index contributed by atoms with van der Waals surface area (Å²) in [6.07, 6.45) is 1.92. The van der Waals surface area contributed by atoms with Crippen molar-refractivity contribution in [3.05, 3.63) is 47.7 Å². The van der Waals surface area contributed by atoms with Gasteiger partial charge < -0.3 is 14.6 Å². The molecule has 2 aromatic rings. The molecule has 0 aliphatic carbocycles. The third-order valence-electron chi connectivity index (χ3n) is 4.98. The molecule has 5 heteroatoms. The Morgan fingerprint density at radius 1 is 1.15 bits per heavy atom. The Labute approximate surface area is 156 Å². The maximum Gasteiger partial charge on any atom is 0.252 e. The summed E-state index contributed by atoms with van der Waals surface area (Å²) in [5.41, 5.74) is 4.22. The first-order valence-electron chi connectivity index (χ1n) is 9.54. The summed E-state index contributed by atoms with van der Waals surface area (Å²) in [6, 6.07) is 12.4. The van der Waals surface area contributed by atoms with E-state index in [-0.39, 0.29) is 5.91 Å². The number of amides is 1. The topological polar surface area (TPSA) is 46.5 Å². The van der Waals surface area contributed by atoms with Gasteiger partial charge >= 0.3 is 0 Å². The van der Waals surface area contributed by atoms with Crippen LogP contribution in [-0.2, 0) is 17.7 Å². The van der Waals surface area contributed by atoms with Crippen LogP contribution in [0.1, 0.15) is 29.4 Å². The fourth-order valence-electron chi connectivity index (χ4n) is 3.60. The van der Waals surface area contributed by atoms with E-state index in [0.29, 0.717) is 0 Å². The van der Waals surface area contributed by atoms with E-state index < -0.39 is 0 Å². The van der Waals surface area contributed by atoms with Crippen molar-refractivity contribution in [2.45, 2.75) is 26.3 Å².